The fourth-order valence-electron chi connectivity index (χ4n) is 3.74. The van der Waals surface area contributed by atoms with Crippen LogP contribution in [0.5, 0.6) is 0 Å². The van der Waals surface area contributed by atoms with E-state index in [1.807, 2.05) is 6.07 Å². The van der Waals surface area contributed by atoms with Crippen molar-refractivity contribution in [1.82, 2.24) is 15.5 Å². The first-order valence-corrected chi connectivity index (χ1v) is 9.32. The van der Waals surface area contributed by atoms with Gasteiger partial charge in [-0.2, -0.15) is 5.10 Å². The van der Waals surface area contributed by atoms with Crippen LogP contribution >= 0.6 is 0 Å². The van der Waals surface area contributed by atoms with Crippen LogP contribution in [0.2, 0.25) is 0 Å². The zero-order chi connectivity index (χ0) is 18.8. The van der Waals surface area contributed by atoms with Crippen LogP contribution in [0.1, 0.15) is 36.0 Å². The van der Waals surface area contributed by atoms with Crippen LogP contribution in [0.4, 0.5) is 4.39 Å². The minimum Gasteiger partial charge on any atom is -0.393 e. The maximum Gasteiger partial charge on any atom is 0.251 e. The summed E-state index contributed by atoms with van der Waals surface area (Å²) in [6.07, 6.45) is 3.56. The molecule has 1 amide bonds. The minimum absolute atomic E-state index is 0.120. The Morgan fingerprint density at radius 1 is 1.19 bits per heavy atom. The first-order valence-electron chi connectivity index (χ1n) is 9.32. The lowest BCUT2D eigenvalue weighted by Gasteiger charge is -2.27. The number of aliphatic hydroxyl groups is 1. The van der Waals surface area contributed by atoms with E-state index in [1.165, 1.54) is 12.1 Å². The second kappa shape index (κ2) is 7.48. The van der Waals surface area contributed by atoms with Crippen molar-refractivity contribution >= 4 is 16.8 Å². The van der Waals surface area contributed by atoms with Crippen LogP contribution in [0.3, 0.4) is 0 Å². The lowest BCUT2D eigenvalue weighted by molar-refractivity contribution is 0.0663. The fourth-order valence-corrected chi connectivity index (χ4v) is 3.74. The molecule has 1 aliphatic rings. The van der Waals surface area contributed by atoms with E-state index in [0.29, 0.717) is 17.8 Å². The number of H-pyrrole nitrogens is 1. The van der Waals surface area contributed by atoms with Crippen LogP contribution in [-0.2, 0) is 0 Å². The van der Waals surface area contributed by atoms with E-state index in [-0.39, 0.29) is 23.7 Å². The number of halogens is 1. The summed E-state index contributed by atoms with van der Waals surface area (Å²) >= 11 is 0. The molecule has 140 valence electrons. The molecule has 0 bridgehead atoms. The summed E-state index contributed by atoms with van der Waals surface area (Å²) < 4.78 is 13.2. The van der Waals surface area contributed by atoms with Gasteiger partial charge >= 0.3 is 0 Å². The largest absolute Gasteiger partial charge is 0.393 e. The Kier molecular flexibility index (Phi) is 4.90. The molecule has 1 heterocycles. The highest BCUT2D eigenvalue weighted by Crippen LogP contribution is 2.27. The van der Waals surface area contributed by atoms with Gasteiger partial charge in [0.15, 0.2) is 0 Å². The highest BCUT2D eigenvalue weighted by atomic mass is 19.1. The van der Waals surface area contributed by atoms with Gasteiger partial charge in [0.2, 0.25) is 0 Å². The van der Waals surface area contributed by atoms with Gasteiger partial charge in [-0.05, 0) is 55.3 Å². The average Bonchev–Trinajstić information content (AvgIpc) is 3.11. The second-order valence-corrected chi connectivity index (χ2v) is 7.16. The highest BCUT2D eigenvalue weighted by molar-refractivity contribution is 6.01. The molecule has 5 nitrogen and oxygen atoms in total. The van der Waals surface area contributed by atoms with Crippen molar-refractivity contribution in [1.29, 1.82) is 0 Å². The number of aromatic amines is 1. The molecular formula is C21H22FN3O2. The predicted molar refractivity (Wildman–Crippen MR) is 102 cm³/mol. The van der Waals surface area contributed by atoms with Crippen molar-refractivity contribution in [2.24, 2.45) is 5.92 Å². The first kappa shape index (κ1) is 17.7. The van der Waals surface area contributed by atoms with Crippen molar-refractivity contribution in [2.45, 2.75) is 31.8 Å². The van der Waals surface area contributed by atoms with Gasteiger partial charge in [-0.1, -0.05) is 12.8 Å². The number of carbonyl (C=O) groups excluding carboxylic acids is 1. The van der Waals surface area contributed by atoms with Gasteiger partial charge in [0.05, 0.1) is 17.3 Å². The normalized spacial score (nSPS) is 19.9. The molecule has 4 rings (SSSR count). The molecule has 1 aromatic heterocycles. The molecule has 1 saturated carbocycles. The van der Waals surface area contributed by atoms with Crippen molar-refractivity contribution < 1.29 is 14.3 Å². The van der Waals surface area contributed by atoms with Crippen LogP contribution in [-0.4, -0.2) is 33.9 Å². The summed E-state index contributed by atoms with van der Waals surface area (Å²) in [6.45, 7) is 0.480. The molecule has 2 atom stereocenters. The molecule has 27 heavy (non-hydrogen) atoms. The molecule has 3 N–H and O–H groups in total. The summed E-state index contributed by atoms with van der Waals surface area (Å²) in [6, 6.07) is 11.5. The summed E-state index contributed by atoms with van der Waals surface area (Å²) in [5.41, 5.74) is 2.82. The Morgan fingerprint density at radius 3 is 2.74 bits per heavy atom. The molecular weight excluding hydrogens is 345 g/mol. The molecule has 1 aliphatic carbocycles. The number of fused-ring (bicyclic) bond motifs is 1. The minimum atomic E-state index is -0.333. The molecule has 0 spiro atoms. The Labute approximate surface area is 156 Å². The first-order chi connectivity index (χ1) is 13.1. The standard InChI is InChI=1S/C21H22FN3O2/c22-16-8-5-13(6-9-16)20-17-11-14(7-10-18(17)24-25-20)21(27)23-12-15-3-1-2-4-19(15)26/h5-11,15,19,26H,1-4,12H2,(H,23,27)(H,24,25)/t15?,19-/m1/s1. The van der Waals surface area contributed by atoms with E-state index >= 15 is 0 Å². The number of nitrogens with zero attached hydrogens (tertiary/aromatic N) is 1. The number of hydrogen-bond donors (Lipinski definition) is 3. The Balaban J connectivity index is 1.54. The van der Waals surface area contributed by atoms with E-state index in [0.717, 1.165) is 42.1 Å². The van der Waals surface area contributed by atoms with E-state index in [2.05, 4.69) is 15.5 Å². The summed E-state index contributed by atoms with van der Waals surface area (Å²) in [5, 5.41) is 21.1. The zero-order valence-corrected chi connectivity index (χ0v) is 14.9. The Hall–Kier alpha value is -2.73. The molecule has 0 aliphatic heterocycles. The quantitative estimate of drug-likeness (QED) is 0.659. The Bertz CT molecular complexity index is 952. The average molecular weight is 367 g/mol. The van der Waals surface area contributed by atoms with Gasteiger partial charge in [-0.25, -0.2) is 4.39 Å². The maximum atomic E-state index is 13.2. The van der Waals surface area contributed by atoms with Gasteiger partial charge in [-0.15, -0.1) is 0 Å². The number of hydrogen-bond acceptors (Lipinski definition) is 3. The van der Waals surface area contributed by atoms with Gasteiger partial charge in [-0.3, -0.25) is 9.89 Å². The molecule has 6 heteroatoms. The van der Waals surface area contributed by atoms with Gasteiger partial charge < -0.3 is 10.4 Å². The van der Waals surface area contributed by atoms with Crippen LogP contribution in [0.25, 0.3) is 22.2 Å². The highest BCUT2D eigenvalue weighted by Gasteiger charge is 2.23. The lowest BCUT2D eigenvalue weighted by Crippen LogP contribution is -2.36. The smallest absolute Gasteiger partial charge is 0.251 e. The third kappa shape index (κ3) is 3.71. The predicted octanol–water partition coefficient (Wildman–Crippen LogP) is 3.65. The number of carbonyl (C=O) groups is 1. The number of rotatable bonds is 4. The molecule has 0 saturated heterocycles. The van der Waals surface area contributed by atoms with Gasteiger partial charge in [0.1, 0.15) is 5.82 Å². The number of benzene rings is 2. The number of aromatic nitrogens is 2. The van der Waals surface area contributed by atoms with Crippen molar-refractivity contribution in [2.75, 3.05) is 6.54 Å². The van der Waals surface area contributed by atoms with Crippen LogP contribution in [0, 0.1) is 11.7 Å². The number of aliphatic hydroxyl groups excluding tert-OH is 1. The van der Waals surface area contributed by atoms with E-state index in [4.69, 9.17) is 0 Å². The van der Waals surface area contributed by atoms with Crippen molar-refractivity contribution in [3.05, 3.63) is 53.8 Å². The molecule has 3 aromatic rings. The van der Waals surface area contributed by atoms with E-state index in [1.54, 1.807) is 24.3 Å². The van der Waals surface area contributed by atoms with Crippen LogP contribution < -0.4 is 5.32 Å². The number of amides is 1. The third-order valence-electron chi connectivity index (χ3n) is 5.34. The van der Waals surface area contributed by atoms with Crippen LogP contribution in [0.15, 0.2) is 42.5 Å². The van der Waals surface area contributed by atoms with E-state index in [9.17, 15) is 14.3 Å². The van der Waals surface area contributed by atoms with Gasteiger partial charge in [0, 0.05) is 29.0 Å². The summed E-state index contributed by atoms with van der Waals surface area (Å²) in [5.74, 6) is -0.348. The number of nitrogens with one attached hydrogen (secondary N) is 2. The molecule has 2 aromatic carbocycles. The second-order valence-electron chi connectivity index (χ2n) is 7.16. The third-order valence-corrected chi connectivity index (χ3v) is 5.34. The monoisotopic (exact) mass is 367 g/mol. The Morgan fingerprint density at radius 2 is 1.96 bits per heavy atom. The maximum absolute atomic E-state index is 13.2. The molecule has 0 radical (unpaired) electrons. The fraction of sp³-hybridized carbons (Fsp3) is 0.333. The summed E-state index contributed by atoms with van der Waals surface area (Å²) in [4.78, 5) is 12.6. The summed E-state index contributed by atoms with van der Waals surface area (Å²) in [7, 11) is 0. The van der Waals surface area contributed by atoms with E-state index < -0.39 is 0 Å². The molecule has 1 fully saturated rings. The SMILES string of the molecule is O=C(NCC1CCCC[C@H]1O)c1ccc2[nH]nc(-c3ccc(F)cc3)c2c1. The topological polar surface area (TPSA) is 78.0 Å². The molecule has 1 unspecified atom stereocenters. The van der Waals surface area contributed by atoms with Crippen molar-refractivity contribution in [3.63, 3.8) is 0 Å². The van der Waals surface area contributed by atoms with Gasteiger partial charge in [0.25, 0.3) is 5.91 Å². The van der Waals surface area contributed by atoms with Crippen molar-refractivity contribution in [3.8, 4) is 11.3 Å². The lowest BCUT2D eigenvalue weighted by atomic mass is 9.86. The zero-order valence-electron chi connectivity index (χ0n) is 14.9.